The van der Waals surface area contributed by atoms with Gasteiger partial charge in [0.15, 0.2) is 0 Å². The molecule has 3 rings (SSSR count). The average Bonchev–Trinajstić information content (AvgIpc) is 3.09. The molecule has 5 nitrogen and oxygen atoms in total. The Hall–Kier alpha value is -1.72. The van der Waals surface area contributed by atoms with E-state index in [-0.39, 0.29) is 0 Å². The van der Waals surface area contributed by atoms with Crippen LogP contribution < -0.4 is 5.32 Å². The highest BCUT2D eigenvalue weighted by atomic mass is 16.5. The highest BCUT2D eigenvalue weighted by Gasteiger charge is 2.13. The van der Waals surface area contributed by atoms with E-state index in [1.54, 1.807) is 0 Å². The van der Waals surface area contributed by atoms with Crippen LogP contribution in [0.1, 0.15) is 31.7 Å². The lowest BCUT2D eigenvalue weighted by molar-refractivity contribution is 0.209. The maximum atomic E-state index is 4.77. The minimum absolute atomic E-state index is 0.509. The molecular formula is C17H24N4O. The van der Waals surface area contributed by atoms with Crippen LogP contribution >= 0.6 is 0 Å². The van der Waals surface area contributed by atoms with Gasteiger partial charge in [0.05, 0.1) is 0 Å². The Labute approximate surface area is 131 Å². The first kappa shape index (κ1) is 15.2. The van der Waals surface area contributed by atoms with Crippen LogP contribution in [-0.4, -0.2) is 40.7 Å². The van der Waals surface area contributed by atoms with Gasteiger partial charge < -0.3 is 14.7 Å². The molecule has 1 fully saturated rings. The molecule has 0 aliphatic carbocycles. The van der Waals surface area contributed by atoms with E-state index in [0.29, 0.717) is 11.9 Å². The molecule has 0 saturated carbocycles. The van der Waals surface area contributed by atoms with E-state index >= 15 is 0 Å². The highest BCUT2D eigenvalue weighted by molar-refractivity contribution is 5.54. The molecule has 2 aromatic rings. The van der Waals surface area contributed by atoms with E-state index in [9.17, 15) is 0 Å². The molecular weight excluding hydrogens is 276 g/mol. The van der Waals surface area contributed by atoms with E-state index in [4.69, 9.17) is 4.52 Å². The molecule has 1 aromatic heterocycles. The molecule has 1 aliphatic heterocycles. The number of hydrogen-bond acceptors (Lipinski definition) is 5. The second kappa shape index (κ2) is 7.51. The second-order valence-corrected chi connectivity index (χ2v) is 6.09. The number of hydrogen-bond donors (Lipinski definition) is 1. The number of piperidine rings is 1. The van der Waals surface area contributed by atoms with Crippen LogP contribution in [-0.2, 0) is 6.54 Å². The van der Waals surface area contributed by atoms with Crippen LogP contribution in [0.4, 0.5) is 0 Å². The molecule has 118 valence electrons. The van der Waals surface area contributed by atoms with E-state index < -0.39 is 0 Å². The molecule has 0 bridgehead atoms. The van der Waals surface area contributed by atoms with Crippen LogP contribution in [0, 0.1) is 0 Å². The van der Waals surface area contributed by atoms with E-state index in [1.807, 2.05) is 12.1 Å². The van der Waals surface area contributed by atoms with Crippen molar-refractivity contribution in [3.63, 3.8) is 0 Å². The van der Waals surface area contributed by atoms with Crippen LogP contribution in [0.15, 0.2) is 35.2 Å². The number of nitrogens with one attached hydrogen (secondary N) is 1. The van der Waals surface area contributed by atoms with Gasteiger partial charge in [-0.3, -0.25) is 0 Å². The Bertz CT molecular complexity index is 547. The summed E-state index contributed by atoms with van der Waals surface area (Å²) in [4.78, 5) is 6.63. The normalized spacial score (nSPS) is 17.5. The molecule has 1 aromatic carbocycles. The summed E-state index contributed by atoms with van der Waals surface area (Å²) in [7, 11) is 0. The first-order valence-corrected chi connectivity index (χ1v) is 8.13. The molecule has 0 radical (unpaired) electrons. The largest absolute Gasteiger partial charge is 0.342 e. The minimum Gasteiger partial charge on any atom is -0.342 e. The van der Waals surface area contributed by atoms with Crippen molar-refractivity contribution in [1.82, 2.24) is 20.4 Å². The monoisotopic (exact) mass is 300 g/mol. The zero-order chi connectivity index (χ0) is 15.2. The Morgan fingerprint density at radius 2 is 1.95 bits per heavy atom. The molecule has 0 amide bonds. The van der Waals surface area contributed by atoms with Gasteiger partial charge >= 0.3 is 0 Å². The van der Waals surface area contributed by atoms with Gasteiger partial charge in [-0.15, -0.1) is 0 Å². The molecule has 22 heavy (non-hydrogen) atoms. The summed E-state index contributed by atoms with van der Waals surface area (Å²) in [6.07, 6.45) is 5.45. The number of nitrogens with zero attached hydrogens (tertiary/aromatic N) is 3. The van der Waals surface area contributed by atoms with Gasteiger partial charge in [-0.2, -0.15) is 4.98 Å². The summed E-state index contributed by atoms with van der Waals surface area (Å²) < 4.78 is 4.77. The van der Waals surface area contributed by atoms with Crippen LogP contribution in [0.25, 0.3) is 11.4 Å². The van der Waals surface area contributed by atoms with Crippen molar-refractivity contribution in [2.45, 2.75) is 38.8 Å². The summed E-state index contributed by atoms with van der Waals surface area (Å²) in [5, 5.41) is 7.46. The van der Waals surface area contributed by atoms with Crippen LogP contribution in [0.2, 0.25) is 0 Å². The fourth-order valence-corrected chi connectivity index (χ4v) is 2.96. The van der Waals surface area contributed by atoms with Crippen molar-refractivity contribution in [1.29, 1.82) is 0 Å². The smallest absolute Gasteiger partial charge is 0.214 e. The molecule has 1 aliphatic rings. The van der Waals surface area contributed by atoms with Crippen LogP contribution in [0.5, 0.6) is 0 Å². The summed E-state index contributed by atoms with van der Waals surface area (Å²) >= 11 is 0. The molecule has 0 spiro atoms. The lowest BCUT2D eigenvalue weighted by Crippen LogP contribution is -2.41. The van der Waals surface area contributed by atoms with Crippen molar-refractivity contribution < 1.29 is 4.52 Å². The van der Waals surface area contributed by atoms with Gasteiger partial charge in [0, 0.05) is 24.7 Å². The topological polar surface area (TPSA) is 54.2 Å². The third-order valence-electron chi connectivity index (χ3n) is 4.21. The summed E-state index contributed by atoms with van der Waals surface area (Å²) in [5.74, 6) is 0.637. The van der Waals surface area contributed by atoms with Crippen molar-refractivity contribution in [2.24, 2.45) is 0 Å². The average molecular weight is 300 g/mol. The summed E-state index contributed by atoms with van der Waals surface area (Å²) in [6.45, 7) is 6.81. The maximum absolute atomic E-state index is 4.77. The van der Waals surface area contributed by atoms with Gasteiger partial charge in [0.2, 0.25) is 12.2 Å². The second-order valence-electron chi connectivity index (χ2n) is 6.09. The number of aromatic nitrogens is 2. The minimum atomic E-state index is 0.509. The van der Waals surface area contributed by atoms with Gasteiger partial charge in [-0.05, 0) is 38.4 Å². The van der Waals surface area contributed by atoms with Crippen molar-refractivity contribution in [2.75, 3.05) is 19.6 Å². The van der Waals surface area contributed by atoms with Crippen molar-refractivity contribution in [3.05, 3.63) is 36.2 Å². The highest BCUT2D eigenvalue weighted by Crippen LogP contribution is 2.15. The lowest BCUT2D eigenvalue weighted by atomic mass is 10.1. The molecule has 2 heterocycles. The fraction of sp³-hybridized carbons (Fsp3) is 0.529. The summed E-state index contributed by atoms with van der Waals surface area (Å²) in [6, 6.07) is 8.82. The van der Waals surface area contributed by atoms with Gasteiger partial charge in [0.25, 0.3) is 0 Å². The van der Waals surface area contributed by atoms with E-state index in [0.717, 1.165) is 18.7 Å². The predicted molar refractivity (Wildman–Crippen MR) is 86.3 cm³/mol. The first-order valence-electron chi connectivity index (χ1n) is 8.13. The van der Waals surface area contributed by atoms with Gasteiger partial charge in [-0.25, -0.2) is 0 Å². The Kier molecular flexibility index (Phi) is 5.19. The Balaban J connectivity index is 1.46. The number of benzene rings is 1. The zero-order valence-corrected chi connectivity index (χ0v) is 13.2. The van der Waals surface area contributed by atoms with Crippen molar-refractivity contribution >= 4 is 0 Å². The van der Waals surface area contributed by atoms with Crippen LogP contribution in [0.3, 0.4) is 0 Å². The Morgan fingerprint density at radius 1 is 1.18 bits per heavy atom. The maximum Gasteiger partial charge on any atom is 0.214 e. The SMILES string of the molecule is C[C@H](CN1CCCCC1)NCc1ccc(-c2ncon2)cc1. The van der Waals surface area contributed by atoms with E-state index in [2.05, 4.69) is 39.4 Å². The predicted octanol–water partition coefficient (Wildman–Crippen LogP) is 2.70. The Morgan fingerprint density at radius 3 is 2.64 bits per heavy atom. The zero-order valence-electron chi connectivity index (χ0n) is 13.2. The third-order valence-corrected chi connectivity index (χ3v) is 4.21. The molecule has 1 saturated heterocycles. The standard InChI is InChI=1S/C17H24N4O/c1-14(12-21-9-3-2-4-10-21)18-11-15-5-7-16(8-6-15)17-19-13-22-20-17/h5-8,13-14,18H,2-4,9-12H2,1H3/t14-/m1/s1. The number of likely N-dealkylation sites (tertiary alicyclic amines) is 1. The quantitative estimate of drug-likeness (QED) is 0.889. The molecule has 1 N–H and O–H groups in total. The summed E-state index contributed by atoms with van der Waals surface area (Å²) in [5.41, 5.74) is 2.26. The van der Waals surface area contributed by atoms with Gasteiger partial charge in [0.1, 0.15) is 0 Å². The van der Waals surface area contributed by atoms with E-state index in [1.165, 1.54) is 44.3 Å². The lowest BCUT2D eigenvalue weighted by Gasteiger charge is -2.29. The molecule has 0 unspecified atom stereocenters. The first-order chi connectivity index (χ1) is 10.8. The molecule has 1 atom stereocenters. The molecule has 5 heteroatoms. The fourth-order valence-electron chi connectivity index (χ4n) is 2.96. The van der Waals surface area contributed by atoms with Crippen molar-refractivity contribution in [3.8, 4) is 11.4 Å². The number of rotatable bonds is 6. The third kappa shape index (κ3) is 4.15. The van der Waals surface area contributed by atoms with Gasteiger partial charge in [-0.1, -0.05) is 35.8 Å².